The van der Waals surface area contributed by atoms with E-state index < -0.39 is 23.4 Å². The van der Waals surface area contributed by atoms with Crippen LogP contribution in [0.1, 0.15) is 81.5 Å². The van der Waals surface area contributed by atoms with E-state index in [1.54, 1.807) is 19.9 Å². The van der Waals surface area contributed by atoms with Gasteiger partial charge in [-0.05, 0) is 54.0 Å². The molecule has 210 valence electrons. The van der Waals surface area contributed by atoms with E-state index in [1.165, 1.54) is 10.1 Å². The van der Waals surface area contributed by atoms with Crippen molar-refractivity contribution in [3.63, 3.8) is 0 Å². The fraction of sp³-hybridized carbons (Fsp3) is 0.344. The van der Waals surface area contributed by atoms with E-state index in [0.29, 0.717) is 26.6 Å². The van der Waals surface area contributed by atoms with Gasteiger partial charge < -0.3 is 15.2 Å². The molecular weight excluding hydrogens is 524 g/mol. The van der Waals surface area contributed by atoms with E-state index in [9.17, 15) is 14.4 Å². The number of rotatable bonds is 8. The fourth-order valence-electron chi connectivity index (χ4n) is 4.80. The third-order valence-electron chi connectivity index (χ3n) is 6.98. The third-order valence-corrected chi connectivity index (χ3v) is 8.08. The molecular formula is C32H36N2O5S. The Bertz CT molecular complexity index is 1620. The highest BCUT2D eigenvalue weighted by atomic mass is 32.1. The SMILES string of the molecule is CCOC(=O)C1=C(N)n2c(s/c(=C\c3ccc(C(C)C)cc3)c2=O)=C(C(=O)OCC)[C@@H]1c1ccc(C(C)C)cc1. The molecule has 0 saturated heterocycles. The molecule has 40 heavy (non-hydrogen) atoms. The minimum Gasteiger partial charge on any atom is -0.463 e. The minimum absolute atomic E-state index is 0.0439. The minimum atomic E-state index is -0.865. The van der Waals surface area contributed by atoms with Gasteiger partial charge in [0.1, 0.15) is 10.5 Å². The molecule has 1 aliphatic rings. The number of ether oxygens (including phenoxy) is 2. The van der Waals surface area contributed by atoms with Gasteiger partial charge in [0.2, 0.25) is 0 Å². The Morgan fingerprint density at radius 3 is 1.88 bits per heavy atom. The average molecular weight is 561 g/mol. The van der Waals surface area contributed by atoms with Crippen LogP contribution in [-0.2, 0) is 19.1 Å². The highest BCUT2D eigenvalue weighted by Crippen LogP contribution is 2.38. The first-order valence-corrected chi connectivity index (χ1v) is 14.4. The summed E-state index contributed by atoms with van der Waals surface area (Å²) in [5.74, 6) is -1.52. The van der Waals surface area contributed by atoms with Gasteiger partial charge in [0.05, 0.1) is 34.8 Å². The lowest BCUT2D eigenvalue weighted by molar-refractivity contribution is -0.138. The van der Waals surface area contributed by atoms with Crippen molar-refractivity contribution in [2.45, 2.75) is 59.3 Å². The second-order valence-electron chi connectivity index (χ2n) is 10.3. The van der Waals surface area contributed by atoms with Gasteiger partial charge in [0.25, 0.3) is 5.56 Å². The van der Waals surface area contributed by atoms with E-state index in [1.807, 2.05) is 48.5 Å². The zero-order valence-electron chi connectivity index (χ0n) is 23.8. The number of aromatic nitrogens is 1. The predicted octanol–water partition coefficient (Wildman–Crippen LogP) is 4.19. The normalized spacial score (nSPS) is 15.6. The molecule has 3 aromatic rings. The molecule has 0 unspecified atom stereocenters. The van der Waals surface area contributed by atoms with Crippen molar-refractivity contribution in [2.24, 2.45) is 5.73 Å². The van der Waals surface area contributed by atoms with Crippen LogP contribution in [0.5, 0.6) is 0 Å². The van der Waals surface area contributed by atoms with E-state index in [2.05, 4.69) is 27.7 Å². The van der Waals surface area contributed by atoms with E-state index in [0.717, 1.165) is 22.5 Å². The quantitative estimate of drug-likeness (QED) is 0.415. The molecule has 0 fully saturated rings. The molecule has 1 atom stereocenters. The molecule has 0 bridgehead atoms. The molecule has 8 heteroatoms. The van der Waals surface area contributed by atoms with Crippen LogP contribution in [0.15, 0.2) is 58.9 Å². The van der Waals surface area contributed by atoms with Gasteiger partial charge in [-0.15, -0.1) is 11.3 Å². The molecule has 4 rings (SSSR count). The van der Waals surface area contributed by atoms with Crippen LogP contribution in [0.25, 0.3) is 17.5 Å². The molecule has 0 saturated carbocycles. The zero-order chi connectivity index (χ0) is 29.1. The van der Waals surface area contributed by atoms with Crippen LogP contribution in [-0.4, -0.2) is 29.7 Å². The summed E-state index contributed by atoms with van der Waals surface area (Å²) >= 11 is 1.16. The molecule has 0 spiro atoms. The summed E-state index contributed by atoms with van der Waals surface area (Å²) in [5, 5.41) is 0. The monoisotopic (exact) mass is 560 g/mol. The van der Waals surface area contributed by atoms with Crippen LogP contribution in [0.2, 0.25) is 0 Å². The first-order chi connectivity index (χ1) is 19.1. The van der Waals surface area contributed by atoms with Gasteiger partial charge in [0, 0.05) is 0 Å². The Kier molecular flexibility index (Phi) is 8.79. The van der Waals surface area contributed by atoms with Crippen LogP contribution < -0.4 is 20.5 Å². The number of esters is 2. The molecule has 2 heterocycles. The molecule has 1 aromatic heterocycles. The number of fused-ring (bicyclic) bond motifs is 1. The van der Waals surface area contributed by atoms with Gasteiger partial charge in [-0.25, -0.2) is 9.59 Å². The number of benzene rings is 2. The Morgan fingerprint density at radius 2 is 1.38 bits per heavy atom. The summed E-state index contributed by atoms with van der Waals surface area (Å²) in [6.45, 7) is 12.1. The second-order valence-corrected chi connectivity index (χ2v) is 11.3. The van der Waals surface area contributed by atoms with Crippen molar-refractivity contribution in [1.82, 2.24) is 4.57 Å². The number of nitrogens with zero attached hydrogens (tertiary/aromatic N) is 1. The number of hydrogen-bond acceptors (Lipinski definition) is 7. The van der Waals surface area contributed by atoms with Crippen LogP contribution in [0.3, 0.4) is 0 Å². The standard InChI is InChI=1S/C32H36N2O5S/c1-7-38-31(36)26-25(23-15-13-22(14-16-23)19(5)6)27(32(37)39-8-2)30-34(28(26)33)29(35)24(40-30)17-20-9-11-21(12-10-20)18(3)4/h9-19,25H,7-8,33H2,1-6H3/b24-17-/t25-/m1/s1. The maximum Gasteiger partial charge on any atom is 0.338 e. The number of hydrogen-bond donors (Lipinski definition) is 1. The van der Waals surface area contributed by atoms with E-state index in [4.69, 9.17) is 15.2 Å². The third kappa shape index (κ3) is 5.54. The predicted molar refractivity (Wildman–Crippen MR) is 159 cm³/mol. The molecule has 2 N–H and O–H groups in total. The lowest BCUT2D eigenvalue weighted by Gasteiger charge is -2.27. The topological polar surface area (TPSA) is 101 Å². The largest absolute Gasteiger partial charge is 0.463 e. The Morgan fingerprint density at radius 1 is 0.875 bits per heavy atom. The lowest BCUT2D eigenvalue weighted by atomic mass is 9.82. The van der Waals surface area contributed by atoms with Gasteiger partial charge in [-0.1, -0.05) is 76.2 Å². The molecule has 0 radical (unpaired) electrons. The molecule has 0 amide bonds. The summed E-state index contributed by atoms with van der Waals surface area (Å²) in [7, 11) is 0. The van der Waals surface area contributed by atoms with Gasteiger partial charge >= 0.3 is 11.9 Å². The summed E-state index contributed by atoms with van der Waals surface area (Å²) < 4.78 is 12.8. The molecule has 2 aromatic carbocycles. The maximum atomic E-state index is 13.7. The van der Waals surface area contributed by atoms with Crippen molar-refractivity contribution in [3.8, 4) is 0 Å². The van der Waals surface area contributed by atoms with E-state index >= 15 is 0 Å². The first-order valence-electron chi connectivity index (χ1n) is 13.6. The van der Waals surface area contributed by atoms with Crippen molar-refractivity contribution < 1.29 is 19.1 Å². The fourth-order valence-corrected chi connectivity index (χ4v) is 5.96. The van der Waals surface area contributed by atoms with Crippen LogP contribution in [0.4, 0.5) is 0 Å². The lowest BCUT2D eigenvalue weighted by Crippen LogP contribution is -2.42. The van der Waals surface area contributed by atoms with Gasteiger partial charge in [0.15, 0.2) is 0 Å². The summed E-state index contributed by atoms with van der Waals surface area (Å²) in [6, 6.07) is 15.7. The first kappa shape index (κ1) is 29.1. The molecule has 1 aliphatic heterocycles. The second kappa shape index (κ2) is 12.1. The van der Waals surface area contributed by atoms with Crippen molar-refractivity contribution in [3.05, 3.63) is 95.9 Å². The zero-order valence-corrected chi connectivity index (χ0v) is 24.6. The number of carbonyl (C=O) groups is 2. The van der Waals surface area contributed by atoms with E-state index in [-0.39, 0.29) is 30.2 Å². The Hall–Kier alpha value is -3.91. The number of carbonyl (C=O) groups excluding carboxylic acids is 2. The number of nitrogens with two attached hydrogens (primary N) is 1. The highest BCUT2D eigenvalue weighted by molar-refractivity contribution is 7.07. The maximum absolute atomic E-state index is 13.7. The van der Waals surface area contributed by atoms with Crippen molar-refractivity contribution >= 4 is 40.7 Å². The van der Waals surface area contributed by atoms with Crippen molar-refractivity contribution in [2.75, 3.05) is 13.2 Å². The number of thiazole rings is 1. The molecule has 7 nitrogen and oxygen atoms in total. The summed E-state index contributed by atoms with van der Waals surface area (Å²) in [6.07, 6.45) is 1.77. The summed E-state index contributed by atoms with van der Waals surface area (Å²) in [5.41, 5.74) is 10.2. The van der Waals surface area contributed by atoms with Crippen LogP contribution in [0, 0.1) is 0 Å². The Balaban J connectivity index is 2.04. The summed E-state index contributed by atoms with van der Waals surface area (Å²) in [4.78, 5) is 40.6. The van der Waals surface area contributed by atoms with Crippen molar-refractivity contribution in [1.29, 1.82) is 0 Å². The average Bonchev–Trinajstić information content (AvgIpc) is 3.24. The van der Waals surface area contributed by atoms with Gasteiger partial charge in [-0.3, -0.25) is 9.36 Å². The highest BCUT2D eigenvalue weighted by Gasteiger charge is 2.40. The molecule has 0 aliphatic carbocycles. The smallest absolute Gasteiger partial charge is 0.338 e. The Labute approximate surface area is 238 Å². The van der Waals surface area contributed by atoms with Crippen LogP contribution >= 0.6 is 11.3 Å². The van der Waals surface area contributed by atoms with Gasteiger partial charge in [-0.2, -0.15) is 0 Å².